The van der Waals surface area contributed by atoms with Crippen molar-refractivity contribution in [3.05, 3.63) is 34.9 Å². The third-order valence-electron chi connectivity index (χ3n) is 5.29. The van der Waals surface area contributed by atoms with Gasteiger partial charge in [0.05, 0.1) is 42.3 Å². The fourth-order valence-electron chi connectivity index (χ4n) is 3.49. The monoisotopic (exact) mass is 369 g/mol. The molecule has 0 unspecified atom stereocenters. The Kier molecular flexibility index (Phi) is 4.51. The SMILES string of the molecule is Cc1nc(N)ncc1C(=O)NCc1cc2n(n1)CCN(C(=O)C1CCC1)C2. The molecule has 1 fully saturated rings. The topological polar surface area (TPSA) is 119 Å². The number of carbonyl (C=O) groups is 2. The first-order valence-electron chi connectivity index (χ1n) is 9.23. The minimum absolute atomic E-state index is 0.145. The van der Waals surface area contributed by atoms with Gasteiger partial charge in [0.2, 0.25) is 11.9 Å². The molecule has 2 aliphatic rings. The Morgan fingerprint density at radius 3 is 2.85 bits per heavy atom. The number of nitrogens with one attached hydrogen (secondary N) is 1. The minimum atomic E-state index is -0.264. The van der Waals surface area contributed by atoms with Crippen LogP contribution in [0.5, 0.6) is 0 Å². The highest BCUT2D eigenvalue weighted by Gasteiger charge is 2.31. The van der Waals surface area contributed by atoms with Crippen molar-refractivity contribution in [3.8, 4) is 0 Å². The van der Waals surface area contributed by atoms with Crippen molar-refractivity contribution in [2.45, 2.75) is 45.8 Å². The van der Waals surface area contributed by atoms with Gasteiger partial charge >= 0.3 is 0 Å². The zero-order chi connectivity index (χ0) is 19.0. The van der Waals surface area contributed by atoms with Crippen molar-refractivity contribution in [2.75, 3.05) is 12.3 Å². The molecule has 27 heavy (non-hydrogen) atoms. The van der Waals surface area contributed by atoms with Gasteiger partial charge in [0.1, 0.15) is 0 Å². The standard InChI is InChI=1S/C18H23N7O2/c1-11-15(9-21-18(19)22-11)16(26)20-8-13-7-14-10-24(5-6-25(14)23-13)17(27)12-3-2-4-12/h7,9,12H,2-6,8,10H2,1H3,(H,20,26)(H2,19,21,22). The lowest BCUT2D eigenvalue weighted by molar-refractivity contribution is -0.139. The number of hydrogen-bond acceptors (Lipinski definition) is 6. The van der Waals surface area contributed by atoms with Crippen LogP contribution in [0, 0.1) is 12.8 Å². The molecule has 0 aromatic carbocycles. The molecule has 9 heteroatoms. The number of carbonyl (C=O) groups excluding carboxylic acids is 2. The molecule has 4 rings (SSSR count). The maximum atomic E-state index is 12.4. The zero-order valence-electron chi connectivity index (χ0n) is 15.3. The van der Waals surface area contributed by atoms with Gasteiger partial charge < -0.3 is 16.0 Å². The quantitative estimate of drug-likeness (QED) is 0.816. The van der Waals surface area contributed by atoms with E-state index in [1.165, 1.54) is 6.20 Å². The maximum absolute atomic E-state index is 12.4. The van der Waals surface area contributed by atoms with Crippen molar-refractivity contribution in [1.82, 2.24) is 30.0 Å². The highest BCUT2D eigenvalue weighted by molar-refractivity contribution is 5.94. The number of anilines is 1. The fourth-order valence-corrected chi connectivity index (χ4v) is 3.49. The number of hydrogen-bond donors (Lipinski definition) is 2. The maximum Gasteiger partial charge on any atom is 0.255 e. The third-order valence-corrected chi connectivity index (χ3v) is 5.29. The summed E-state index contributed by atoms with van der Waals surface area (Å²) >= 11 is 0. The van der Waals surface area contributed by atoms with Gasteiger partial charge in [-0.3, -0.25) is 14.3 Å². The smallest absolute Gasteiger partial charge is 0.255 e. The van der Waals surface area contributed by atoms with Crippen LogP contribution >= 0.6 is 0 Å². The van der Waals surface area contributed by atoms with Crippen molar-refractivity contribution < 1.29 is 9.59 Å². The van der Waals surface area contributed by atoms with E-state index in [0.717, 1.165) is 30.7 Å². The molecule has 0 radical (unpaired) electrons. The minimum Gasteiger partial charge on any atom is -0.368 e. The van der Waals surface area contributed by atoms with Crippen LogP contribution in [0.25, 0.3) is 0 Å². The lowest BCUT2D eigenvalue weighted by atomic mass is 9.84. The van der Waals surface area contributed by atoms with Crippen LogP contribution in [0.15, 0.2) is 12.3 Å². The van der Waals surface area contributed by atoms with E-state index in [9.17, 15) is 9.59 Å². The molecule has 9 nitrogen and oxygen atoms in total. The van der Waals surface area contributed by atoms with E-state index in [1.807, 2.05) is 15.6 Å². The number of rotatable bonds is 4. The van der Waals surface area contributed by atoms with Gasteiger partial charge in [-0.2, -0.15) is 5.10 Å². The second-order valence-corrected chi connectivity index (χ2v) is 7.15. The number of aromatic nitrogens is 4. The van der Waals surface area contributed by atoms with Crippen LogP contribution in [0.2, 0.25) is 0 Å². The molecule has 2 aromatic heterocycles. The Balaban J connectivity index is 1.38. The van der Waals surface area contributed by atoms with E-state index in [1.54, 1.807) is 6.92 Å². The summed E-state index contributed by atoms with van der Waals surface area (Å²) in [6.07, 6.45) is 4.61. The van der Waals surface area contributed by atoms with E-state index in [4.69, 9.17) is 5.73 Å². The molecule has 142 valence electrons. The summed E-state index contributed by atoms with van der Waals surface area (Å²) in [5.41, 5.74) is 8.22. The molecule has 3 heterocycles. The summed E-state index contributed by atoms with van der Waals surface area (Å²) in [4.78, 5) is 34.6. The van der Waals surface area contributed by atoms with Crippen LogP contribution < -0.4 is 11.1 Å². The molecule has 0 saturated heterocycles. The van der Waals surface area contributed by atoms with E-state index in [-0.39, 0.29) is 23.7 Å². The molecule has 1 saturated carbocycles. The first-order valence-corrected chi connectivity index (χ1v) is 9.23. The van der Waals surface area contributed by atoms with Crippen LogP contribution in [-0.2, 0) is 24.4 Å². The normalized spacial score (nSPS) is 16.6. The summed E-state index contributed by atoms with van der Waals surface area (Å²) in [5.74, 6) is 0.359. The highest BCUT2D eigenvalue weighted by Crippen LogP contribution is 2.29. The summed E-state index contributed by atoms with van der Waals surface area (Å²) in [7, 11) is 0. The summed E-state index contributed by atoms with van der Waals surface area (Å²) < 4.78 is 1.92. The number of nitrogens with zero attached hydrogens (tertiary/aromatic N) is 5. The van der Waals surface area contributed by atoms with Gasteiger partial charge in [-0.25, -0.2) is 9.97 Å². The lowest BCUT2D eigenvalue weighted by Crippen LogP contribution is -2.43. The Hall–Kier alpha value is -2.97. The Labute approximate surface area is 157 Å². The number of amides is 2. The predicted octanol–water partition coefficient (Wildman–Crippen LogP) is 0.636. The predicted molar refractivity (Wildman–Crippen MR) is 97.3 cm³/mol. The molecule has 2 amide bonds. The first-order chi connectivity index (χ1) is 13.0. The highest BCUT2D eigenvalue weighted by atomic mass is 16.2. The first kappa shape index (κ1) is 17.4. The van der Waals surface area contributed by atoms with E-state index >= 15 is 0 Å². The van der Waals surface area contributed by atoms with Gasteiger partial charge in [-0.15, -0.1) is 0 Å². The summed E-state index contributed by atoms with van der Waals surface area (Å²) in [5, 5.41) is 7.38. The summed E-state index contributed by atoms with van der Waals surface area (Å²) in [6.45, 7) is 3.99. The van der Waals surface area contributed by atoms with Gasteiger partial charge in [0, 0.05) is 18.7 Å². The average Bonchev–Trinajstić information content (AvgIpc) is 3.00. The molecule has 3 N–H and O–H groups in total. The third kappa shape index (κ3) is 3.49. The number of fused-ring (bicyclic) bond motifs is 1. The van der Waals surface area contributed by atoms with Crippen LogP contribution in [0.3, 0.4) is 0 Å². The zero-order valence-corrected chi connectivity index (χ0v) is 15.3. The van der Waals surface area contributed by atoms with Crippen molar-refractivity contribution in [2.24, 2.45) is 5.92 Å². The molecular weight excluding hydrogens is 346 g/mol. The Morgan fingerprint density at radius 1 is 1.33 bits per heavy atom. The van der Waals surface area contributed by atoms with Crippen molar-refractivity contribution in [3.63, 3.8) is 0 Å². The number of nitrogen functional groups attached to an aromatic ring is 1. The number of nitrogens with two attached hydrogens (primary N) is 1. The molecule has 1 aliphatic heterocycles. The van der Waals surface area contributed by atoms with Crippen LogP contribution in [-0.4, -0.2) is 43.0 Å². The molecule has 0 bridgehead atoms. The van der Waals surface area contributed by atoms with Gasteiger partial charge in [-0.1, -0.05) is 6.42 Å². The molecular formula is C18H23N7O2. The number of aryl methyl sites for hydroxylation is 1. The lowest BCUT2D eigenvalue weighted by Gasteiger charge is -2.34. The van der Waals surface area contributed by atoms with Gasteiger partial charge in [0.15, 0.2) is 0 Å². The molecule has 1 aliphatic carbocycles. The average molecular weight is 369 g/mol. The van der Waals surface area contributed by atoms with Crippen LogP contribution in [0.4, 0.5) is 5.95 Å². The van der Waals surface area contributed by atoms with Gasteiger partial charge in [0.25, 0.3) is 5.91 Å². The Morgan fingerprint density at radius 2 is 2.15 bits per heavy atom. The fraction of sp³-hybridized carbons (Fsp3) is 0.500. The summed E-state index contributed by atoms with van der Waals surface area (Å²) in [6, 6.07) is 1.95. The van der Waals surface area contributed by atoms with Crippen molar-refractivity contribution in [1.29, 1.82) is 0 Å². The Bertz CT molecular complexity index is 888. The van der Waals surface area contributed by atoms with E-state index < -0.39 is 0 Å². The molecule has 0 spiro atoms. The molecule has 2 aromatic rings. The second kappa shape index (κ2) is 6.98. The molecule has 0 atom stereocenters. The van der Waals surface area contributed by atoms with Gasteiger partial charge in [-0.05, 0) is 25.8 Å². The van der Waals surface area contributed by atoms with Crippen molar-refractivity contribution >= 4 is 17.8 Å². The largest absolute Gasteiger partial charge is 0.368 e. The van der Waals surface area contributed by atoms with E-state index in [0.29, 0.717) is 37.4 Å². The van der Waals surface area contributed by atoms with E-state index in [2.05, 4.69) is 20.4 Å². The van der Waals surface area contributed by atoms with Crippen LogP contribution in [0.1, 0.15) is 46.7 Å². The second-order valence-electron chi connectivity index (χ2n) is 7.15.